The van der Waals surface area contributed by atoms with Crippen LogP contribution < -0.4 is 10.9 Å². The maximum atomic E-state index is 13.5. The molecule has 2 atom stereocenters. The molecule has 1 N–H and O–H groups in total. The Morgan fingerprint density at radius 3 is 2.85 bits per heavy atom. The third kappa shape index (κ3) is 5.50. The van der Waals surface area contributed by atoms with E-state index in [1.54, 1.807) is 15.9 Å². The molecule has 1 aliphatic rings. The Hall–Kier alpha value is -2.16. The third-order valence-corrected chi connectivity index (χ3v) is 8.17. The van der Waals surface area contributed by atoms with E-state index in [0.717, 1.165) is 46.5 Å². The summed E-state index contributed by atoms with van der Waals surface area (Å²) in [6.07, 6.45) is 2.77. The topological polar surface area (TPSA) is 73.2 Å². The number of ether oxygens (including phenoxy) is 1. The molecule has 1 saturated heterocycles. The molecule has 3 aromatic rings. The number of aryl methyl sites for hydroxylation is 2. The summed E-state index contributed by atoms with van der Waals surface area (Å²) >= 11 is 2.89. The van der Waals surface area contributed by atoms with E-state index in [9.17, 15) is 9.59 Å². The summed E-state index contributed by atoms with van der Waals surface area (Å²) in [5.41, 5.74) is 2.26. The van der Waals surface area contributed by atoms with Crippen LogP contribution in [0.5, 0.6) is 0 Å². The van der Waals surface area contributed by atoms with Gasteiger partial charge in [0.05, 0.1) is 23.8 Å². The molecule has 1 aliphatic heterocycles. The molecule has 0 aliphatic carbocycles. The number of benzene rings is 1. The maximum absolute atomic E-state index is 13.5. The molecule has 4 rings (SSSR count). The van der Waals surface area contributed by atoms with Crippen molar-refractivity contribution in [1.29, 1.82) is 0 Å². The van der Waals surface area contributed by atoms with Crippen LogP contribution in [-0.4, -0.2) is 40.5 Å². The molecule has 0 saturated carbocycles. The normalized spacial score (nSPS) is 16.9. The van der Waals surface area contributed by atoms with Crippen molar-refractivity contribution in [3.63, 3.8) is 0 Å². The van der Waals surface area contributed by atoms with E-state index in [1.807, 2.05) is 25.1 Å². The van der Waals surface area contributed by atoms with Crippen LogP contribution >= 0.6 is 23.1 Å². The Labute approximate surface area is 202 Å². The van der Waals surface area contributed by atoms with E-state index in [2.05, 4.69) is 31.3 Å². The Kier molecular flexibility index (Phi) is 7.88. The summed E-state index contributed by atoms with van der Waals surface area (Å²) < 4.78 is 7.53. The smallest absolute Gasteiger partial charge is 0.263 e. The van der Waals surface area contributed by atoms with Gasteiger partial charge in [0.15, 0.2) is 5.16 Å². The van der Waals surface area contributed by atoms with Crippen molar-refractivity contribution in [2.24, 2.45) is 0 Å². The molecule has 2 unspecified atom stereocenters. The van der Waals surface area contributed by atoms with Crippen molar-refractivity contribution in [2.75, 3.05) is 18.9 Å². The Bertz CT molecular complexity index is 1170. The van der Waals surface area contributed by atoms with Crippen molar-refractivity contribution >= 4 is 39.2 Å². The van der Waals surface area contributed by atoms with Crippen LogP contribution in [0.1, 0.15) is 48.6 Å². The predicted octanol–water partition coefficient (Wildman–Crippen LogP) is 4.52. The van der Waals surface area contributed by atoms with E-state index in [4.69, 9.17) is 9.72 Å². The number of hydrogen-bond donors (Lipinski definition) is 1. The minimum absolute atomic E-state index is 0.0164. The number of nitrogens with zero attached hydrogens (tertiary/aromatic N) is 2. The molecule has 3 heterocycles. The summed E-state index contributed by atoms with van der Waals surface area (Å²) in [4.78, 5) is 32.8. The second-order valence-electron chi connectivity index (χ2n) is 8.52. The van der Waals surface area contributed by atoms with E-state index in [0.29, 0.717) is 18.2 Å². The first kappa shape index (κ1) is 24.0. The van der Waals surface area contributed by atoms with Crippen LogP contribution in [0, 0.1) is 6.92 Å². The fourth-order valence-electron chi connectivity index (χ4n) is 4.27. The molecule has 0 spiro atoms. The second-order valence-corrected chi connectivity index (χ2v) is 10.7. The average molecular weight is 486 g/mol. The predicted molar refractivity (Wildman–Crippen MR) is 136 cm³/mol. The lowest BCUT2D eigenvalue weighted by atomic mass is 10.0. The van der Waals surface area contributed by atoms with Crippen molar-refractivity contribution in [2.45, 2.75) is 63.8 Å². The third-order valence-electron chi connectivity index (χ3n) is 6.15. The van der Waals surface area contributed by atoms with Crippen LogP contribution in [0.3, 0.4) is 0 Å². The van der Waals surface area contributed by atoms with Gasteiger partial charge in [0.1, 0.15) is 4.83 Å². The van der Waals surface area contributed by atoms with E-state index < -0.39 is 0 Å². The summed E-state index contributed by atoms with van der Waals surface area (Å²) in [6, 6.07) is 10.2. The average Bonchev–Trinajstić information content (AvgIpc) is 3.45. The Morgan fingerprint density at radius 1 is 1.36 bits per heavy atom. The summed E-state index contributed by atoms with van der Waals surface area (Å²) in [6.45, 7) is 8.00. The molecule has 1 aromatic carbocycles. The summed E-state index contributed by atoms with van der Waals surface area (Å²) in [5, 5.41) is 4.34. The lowest BCUT2D eigenvalue weighted by Gasteiger charge is -2.16. The number of amides is 1. The van der Waals surface area contributed by atoms with Gasteiger partial charge < -0.3 is 10.1 Å². The van der Waals surface area contributed by atoms with Crippen LogP contribution in [-0.2, 0) is 22.5 Å². The van der Waals surface area contributed by atoms with Crippen molar-refractivity contribution in [1.82, 2.24) is 14.9 Å². The van der Waals surface area contributed by atoms with Gasteiger partial charge in [-0.1, -0.05) is 55.9 Å². The number of fused-ring (bicyclic) bond motifs is 1. The quantitative estimate of drug-likeness (QED) is 0.356. The standard InChI is InChI=1S/C25H31N3O3S2/c1-4-20-17(3)33-23-22(20)24(30)28(14-19-11-8-12-31-19)25(27-23)32-15-21(29)26-13-16(2)18-9-6-5-7-10-18/h5-7,9-10,16,19H,4,8,11-15H2,1-3H3,(H,26,29). The highest BCUT2D eigenvalue weighted by Crippen LogP contribution is 2.30. The lowest BCUT2D eigenvalue weighted by Crippen LogP contribution is -2.31. The van der Waals surface area contributed by atoms with Gasteiger partial charge in [-0.15, -0.1) is 11.3 Å². The zero-order valence-corrected chi connectivity index (χ0v) is 21.1. The van der Waals surface area contributed by atoms with Gasteiger partial charge in [0, 0.05) is 18.0 Å². The van der Waals surface area contributed by atoms with Gasteiger partial charge in [-0.05, 0) is 43.2 Å². The second kappa shape index (κ2) is 10.8. The van der Waals surface area contributed by atoms with E-state index in [-0.39, 0.29) is 29.2 Å². The highest BCUT2D eigenvalue weighted by atomic mass is 32.2. The number of thioether (sulfide) groups is 1. The molecular weight excluding hydrogens is 454 g/mol. The molecular formula is C25H31N3O3S2. The van der Waals surface area contributed by atoms with Crippen molar-refractivity contribution in [3.8, 4) is 0 Å². The molecule has 0 radical (unpaired) electrons. The highest BCUT2D eigenvalue weighted by Gasteiger charge is 2.23. The van der Waals surface area contributed by atoms with Crippen LogP contribution in [0.25, 0.3) is 10.2 Å². The first-order valence-corrected chi connectivity index (χ1v) is 13.4. The Morgan fingerprint density at radius 2 is 2.15 bits per heavy atom. The number of hydrogen-bond acceptors (Lipinski definition) is 6. The minimum atomic E-state index is -0.0580. The Balaban J connectivity index is 1.50. The summed E-state index contributed by atoms with van der Waals surface area (Å²) in [7, 11) is 0. The largest absolute Gasteiger partial charge is 0.376 e. The first-order valence-electron chi connectivity index (χ1n) is 11.6. The molecule has 6 nitrogen and oxygen atoms in total. The zero-order valence-electron chi connectivity index (χ0n) is 19.4. The van der Waals surface area contributed by atoms with Gasteiger partial charge >= 0.3 is 0 Å². The molecule has 1 fully saturated rings. The SMILES string of the molecule is CCc1c(C)sc2nc(SCC(=O)NCC(C)c3ccccc3)n(CC3CCCO3)c(=O)c12. The molecule has 176 valence electrons. The fraction of sp³-hybridized carbons (Fsp3) is 0.480. The van der Waals surface area contributed by atoms with Gasteiger partial charge in [0.2, 0.25) is 5.91 Å². The van der Waals surface area contributed by atoms with Gasteiger partial charge in [-0.2, -0.15) is 0 Å². The number of carbonyl (C=O) groups excluding carboxylic acids is 1. The molecule has 33 heavy (non-hydrogen) atoms. The van der Waals surface area contributed by atoms with Crippen molar-refractivity contribution < 1.29 is 9.53 Å². The highest BCUT2D eigenvalue weighted by molar-refractivity contribution is 7.99. The monoisotopic (exact) mass is 485 g/mol. The first-order chi connectivity index (χ1) is 16.0. The van der Waals surface area contributed by atoms with Crippen LogP contribution in [0.15, 0.2) is 40.3 Å². The molecule has 8 heteroatoms. The summed E-state index contributed by atoms with van der Waals surface area (Å²) in [5.74, 6) is 0.391. The lowest BCUT2D eigenvalue weighted by molar-refractivity contribution is -0.118. The maximum Gasteiger partial charge on any atom is 0.263 e. The zero-order chi connectivity index (χ0) is 23.4. The molecule has 1 amide bonds. The number of carbonyl (C=O) groups is 1. The van der Waals surface area contributed by atoms with Gasteiger partial charge in [-0.3, -0.25) is 14.2 Å². The van der Waals surface area contributed by atoms with Crippen molar-refractivity contribution in [3.05, 3.63) is 56.7 Å². The fourth-order valence-corrected chi connectivity index (χ4v) is 6.26. The number of aromatic nitrogens is 2. The van der Waals surface area contributed by atoms with Crippen LogP contribution in [0.4, 0.5) is 0 Å². The van der Waals surface area contributed by atoms with Crippen LogP contribution in [0.2, 0.25) is 0 Å². The minimum Gasteiger partial charge on any atom is -0.376 e. The van der Waals surface area contributed by atoms with Gasteiger partial charge in [-0.25, -0.2) is 4.98 Å². The number of thiophene rings is 1. The van der Waals surface area contributed by atoms with E-state index in [1.165, 1.54) is 17.3 Å². The molecule has 0 bridgehead atoms. The van der Waals surface area contributed by atoms with Gasteiger partial charge in [0.25, 0.3) is 5.56 Å². The molecule has 2 aromatic heterocycles. The number of nitrogens with one attached hydrogen (secondary N) is 1. The number of rotatable bonds is 9. The van der Waals surface area contributed by atoms with E-state index >= 15 is 0 Å².